The molecule has 108 valence electrons. The van der Waals surface area contributed by atoms with E-state index in [1.807, 2.05) is 36.4 Å². The Hall–Kier alpha value is -3.14. The molecule has 0 amide bonds. The first-order valence-corrected chi connectivity index (χ1v) is 6.76. The molecule has 1 heterocycles. The maximum absolute atomic E-state index is 11.4. The summed E-state index contributed by atoms with van der Waals surface area (Å²) in [7, 11) is 0. The number of carboxylic acids is 1. The third-order valence-electron chi connectivity index (χ3n) is 3.17. The molecule has 0 radical (unpaired) electrons. The van der Waals surface area contributed by atoms with E-state index in [0.717, 1.165) is 5.56 Å². The van der Waals surface area contributed by atoms with Crippen molar-refractivity contribution in [3.8, 4) is 22.8 Å². The van der Waals surface area contributed by atoms with Crippen molar-refractivity contribution in [2.24, 2.45) is 0 Å². The standard InChI is InChI=1S/C18H13NO3/c20-18(21)15-10-9-14(22-17-8-4-5-11-19-17)12-16(15)13-6-2-1-3-7-13/h1-12H,(H,20,21). The van der Waals surface area contributed by atoms with E-state index in [9.17, 15) is 9.90 Å². The van der Waals surface area contributed by atoms with Gasteiger partial charge in [0.15, 0.2) is 0 Å². The summed E-state index contributed by atoms with van der Waals surface area (Å²) in [6.45, 7) is 0. The number of ether oxygens (including phenoxy) is 1. The molecular formula is C18H13NO3. The number of rotatable bonds is 4. The highest BCUT2D eigenvalue weighted by atomic mass is 16.5. The SMILES string of the molecule is O=C(O)c1ccc(Oc2ccccn2)cc1-c1ccccc1. The van der Waals surface area contributed by atoms with E-state index in [0.29, 0.717) is 17.2 Å². The Morgan fingerprint density at radius 2 is 1.73 bits per heavy atom. The van der Waals surface area contributed by atoms with Gasteiger partial charge in [-0.15, -0.1) is 0 Å². The molecule has 0 atom stereocenters. The van der Waals surface area contributed by atoms with Crippen molar-refractivity contribution in [1.82, 2.24) is 4.98 Å². The number of aromatic carboxylic acids is 1. The van der Waals surface area contributed by atoms with Crippen molar-refractivity contribution in [2.45, 2.75) is 0 Å². The number of benzene rings is 2. The van der Waals surface area contributed by atoms with Crippen LogP contribution < -0.4 is 4.74 Å². The summed E-state index contributed by atoms with van der Waals surface area (Å²) in [4.78, 5) is 15.5. The molecule has 4 nitrogen and oxygen atoms in total. The number of hydrogen-bond acceptors (Lipinski definition) is 3. The van der Waals surface area contributed by atoms with Crippen LogP contribution in [0, 0.1) is 0 Å². The highest BCUT2D eigenvalue weighted by molar-refractivity contribution is 5.96. The molecule has 0 bridgehead atoms. The molecule has 1 N–H and O–H groups in total. The van der Waals surface area contributed by atoms with Crippen LogP contribution in [0.2, 0.25) is 0 Å². The minimum absolute atomic E-state index is 0.236. The summed E-state index contributed by atoms with van der Waals surface area (Å²) in [5, 5.41) is 9.35. The lowest BCUT2D eigenvalue weighted by Gasteiger charge is -2.10. The van der Waals surface area contributed by atoms with Crippen LogP contribution in [0.25, 0.3) is 11.1 Å². The van der Waals surface area contributed by atoms with Crippen molar-refractivity contribution in [1.29, 1.82) is 0 Å². The number of nitrogens with zero attached hydrogens (tertiary/aromatic N) is 1. The van der Waals surface area contributed by atoms with E-state index in [2.05, 4.69) is 4.98 Å². The van der Waals surface area contributed by atoms with Gasteiger partial charge in [-0.25, -0.2) is 9.78 Å². The van der Waals surface area contributed by atoms with Crippen molar-refractivity contribution in [3.63, 3.8) is 0 Å². The second-order valence-electron chi connectivity index (χ2n) is 4.65. The lowest BCUT2D eigenvalue weighted by molar-refractivity contribution is 0.0697. The average molecular weight is 291 g/mol. The zero-order valence-electron chi connectivity index (χ0n) is 11.6. The summed E-state index contributed by atoms with van der Waals surface area (Å²) in [5.74, 6) is 0.0374. The van der Waals surface area contributed by atoms with E-state index in [1.54, 1.807) is 36.5 Å². The molecule has 0 saturated heterocycles. The average Bonchev–Trinajstić information content (AvgIpc) is 2.56. The van der Waals surface area contributed by atoms with E-state index < -0.39 is 5.97 Å². The van der Waals surface area contributed by atoms with Gasteiger partial charge < -0.3 is 9.84 Å². The molecule has 0 aliphatic rings. The Morgan fingerprint density at radius 3 is 2.41 bits per heavy atom. The third-order valence-corrected chi connectivity index (χ3v) is 3.17. The van der Waals surface area contributed by atoms with Gasteiger partial charge in [0.05, 0.1) is 5.56 Å². The fourth-order valence-electron chi connectivity index (χ4n) is 2.16. The monoisotopic (exact) mass is 291 g/mol. The summed E-state index contributed by atoms with van der Waals surface area (Å²) < 4.78 is 5.67. The Balaban J connectivity index is 2.03. The maximum atomic E-state index is 11.4. The molecule has 0 aliphatic heterocycles. The second-order valence-corrected chi connectivity index (χ2v) is 4.65. The molecular weight excluding hydrogens is 278 g/mol. The number of pyridine rings is 1. The maximum Gasteiger partial charge on any atom is 0.336 e. The Labute approximate surface area is 127 Å². The van der Waals surface area contributed by atoms with Gasteiger partial charge in [0.25, 0.3) is 0 Å². The van der Waals surface area contributed by atoms with Gasteiger partial charge in [-0.3, -0.25) is 0 Å². The van der Waals surface area contributed by atoms with Gasteiger partial charge in [0.2, 0.25) is 5.88 Å². The molecule has 1 aromatic heterocycles. The van der Waals surface area contributed by atoms with Gasteiger partial charge in [0, 0.05) is 12.3 Å². The molecule has 0 spiro atoms. The van der Waals surface area contributed by atoms with Gasteiger partial charge in [-0.2, -0.15) is 0 Å². The van der Waals surface area contributed by atoms with E-state index >= 15 is 0 Å². The van der Waals surface area contributed by atoms with Crippen LogP contribution >= 0.6 is 0 Å². The molecule has 0 unspecified atom stereocenters. The summed E-state index contributed by atoms with van der Waals surface area (Å²) in [5.41, 5.74) is 1.67. The van der Waals surface area contributed by atoms with Gasteiger partial charge >= 0.3 is 5.97 Å². The first-order chi connectivity index (χ1) is 10.7. The molecule has 0 saturated carbocycles. The fraction of sp³-hybridized carbons (Fsp3) is 0. The van der Waals surface area contributed by atoms with E-state index in [-0.39, 0.29) is 5.56 Å². The predicted molar refractivity (Wildman–Crippen MR) is 83.1 cm³/mol. The summed E-state index contributed by atoms with van der Waals surface area (Å²) >= 11 is 0. The molecule has 3 rings (SSSR count). The van der Waals surface area contributed by atoms with Crippen LogP contribution in [-0.4, -0.2) is 16.1 Å². The third kappa shape index (κ3) is 2.96. The van der Waals surface area contributed by atoms with Crippen molar-refractivity contribution < 1.29 is 14.6 Å². The molecule has 0 fully saturated rings. The largest absolute Gasteiger partial charge is 0.478 e. The molecule has 0 aliphatic carbocycles. The van der Waals surface area contributed by atoms with Crippen LogP contribution in [0.5, 0.6) is 11.6 Å². The van der Waals surface area contributed by atoms with Crippen LogP contribution in [0.4, 0.5) is 0 Å². The minimum Gasteiger partial charge on any atom is -0.478 e. The van der Waals surface area contributed by atoms with Crippen LogP contribution in [0.3, 0.4) is 0 Å². The lowest BCUT2D eigenvalue weighted by Crippen LogP contribution is -2.00. The smallest absolute Gasteiger partial charge is 0.336 e. The first kappa shape index (κ1) is 13.8. The zero-order chi connectivity index (χ0) is 15.4. The quantitative estimate of drug-likeness (QED) is 0.781. The van der Waals surface area contributed by atoms with Crippen molar-refractivity contribution in [3.05, 3.63) is 78.5 Å². The van der Waals surface area contributed by atoms with E-state index in [1.165, 1.54) is 0 Å². The highest BCUT2D eigenvalue weighted by Crippen LogP contribution is 2.30. The Kier molecular flexibility index (Phi) is 3.83. The second kappa shape index (κ2) is 6.10. The van der Waals surface area contributed by atoms with Gasteiger partial charge in [-0.1, -0.05) is 36.4 Å². The van der Waals surface area contributed by atoms with Gasteiger partial charge in [0.1, 0.15) is 5.75 Å². The molecule has 3 aromatic rings. The number of carboxylic acid groups (broad SMARTS) is 1. The minimum atomic E-state index is -0.969. The first-order valence-electron chi connectivity index (χ1n) is 6.76. The van der Waals surface area contributed by atoms with E-state index in [4.69, 9.17) is 4.74 Å². The van der Waals surface area contributed by atoms with Crippen molar-refractivity contribution in [2.75, 3.05) is 0 Å². The zero-order valence-corrected chi connectivity index (χ0v) is 11.6. The van der Waals surface area contributed by atoms with Crippen LogP contribution in [-0.2, 0) is 0 Å². The fourth-order valence-corrected chi connectivity index (χ4v) is 2.16. The predicted octanol–water partition coefficient (Wildman–Crippen LogP) is 4.24. The topological polar surface area (TPSA) is 59.4 Å². The molecule has 22 heavy (non-hydrogen) atoms. The Morgan fingerprint density at radius 1 is 0.955 bits per heavy atom. The molecule has 4 heteroatoms. The number of hydrogen-bond donors (Lipinski definition) is 1. The Bertz CT molecular complexity index is 786. The van der Waals surface area contributed by atoms with Crippen molar-refractivity contribution >= 4 is 5.97 Å². The number of aromatic nitrogens is 1. The highest BCUT2D eigenvalue weighted by Gasteiger charge is 2.13. The molecule has 2 aromatic carbocycles. The van der Waals surface area contributed by atoms with Crippen LogP contribution in [0.15, 0.2) is 72.9 Å². The normalized spacial score (nSPS) is 10.2. The lowest BCUT2D eigenvalue weighted by atomic mass is 9.99. The van der Waals surface area contributed by atoms with Crippen LogP contribution in [0.1, 0.15) is 10.4 Å². The summed E-state index contributed by atoms with van der Waals surface area (Å²) in [6, 6.07) is 19.6. The van der Waals surface area contributed by atoms with Gasteiger partial charge in [-0.05, 0) is 35.4 Å². The summed E-state index contributed by atoms with van der Waals surface area (Å²) in [6.07, 6.45) is 1.64. The number of carbonyl (C=O) groups is 1.